The highest BCUT2D eigenvalue weighted by Crippen LogP contribution is 2.32. The normalized spacial score (nSPS) is 10.5. The molecule has 0 saturated heterocycles. The first kappa shape index (κ1) is 13.8. The van der Waals surface area contributed by atoms with E-state index in [0.717, 1.165) is 28.7 Å². The lowest BCUT2D eigenvalue weighted by molar-refractivity contribution is 0.431. The molecule has 0 aromatic heterocycles. The molecule has 2 aromatic rings. The molecule has 0 heterocycles. The van der Waals surface area contributed by atoms with Crippen LogP contribution in [0.25, 0.3) is 0 Å². The van der Waals surface area contributed by atoms with E-state index in [4.69, 9.17) is 10.5 Å². The zero-order chi connectivity index (χ0) is 13.8. The van der Waals surface area contributed by atoms with Crippen LogP contribution >= 0.6 is 11.8 Å². The Morgan fingerprint density at radius 2 is 1.95 bits per heavy atom. The van der Waals surface area contributed by atoms with Gasteiger partial charge < -0.3 is 10.5 Å². The fourth-order valence-electron chi connectivity index (χ4n) is 1.71. The number of hydrogen-bond acceptors (Lipinski definition) is 3. The van der Waals surface area contributed by atoms with Crippen molar-refractivity contribution < 1.29 is 13.5 Å². The minimum atomic E-state index is -0.612. The third-order valence-corrected chi connectivity index (χ3v) is 3.45. The monoisotopic (exact) mass is 281 g/mol. The summed E-state index contributed by atoms with van der Waals surface area (Å²) >= 11 is 1.52. The van der Waals surface area contributed by atoms with Crippen molar-refractivity contribution in [2.24, 2.45) is 5.73 Å². The molecule has 0 amide bonds. The molecule has 2 aromatic carbocycles. The van der Waals surface area contributed by atoms with Crippen LogP contribution in [0.5, 0.6) is 11.5 Å². The van der Waals surface area contributed by atoms with Crippen LogP contribution < -0.4 is 10.5 Å². The molecule has 2 nitrogen and oxygen atoms in total. The summed E-state index contributed by atoms with van der Waals surface area (Å²) in [6.45, 7) is 0.267. The smallest absolute Gasteiger partial charge is 0.165 e. The van der Waals surface area contributed by atoms with Gasteiger partial charge in [0.2, 0.25) is 0 Å². The van der Waals surface area contributed by atoms with Gasteiger partial charge in [-0.15, -0.1) is 11.8 Å². The summed E-state index contributed by atoms with van der Waals surface area (Å²) in [6, 6.07) is 8.47. The summed E-state index contributed by atoms with van der Waals surface area (Å²) in [7, 11) is 0. The van der Waals surface area contributed by atoms with Crippen LogP contribution in [0.2, 0.25) is 0 Å². The van der Waals surface area contributed by atoms with Gasteiger partial charge >= 0.3 is 0 Å². The number of hydrogen-bond donors (Lipinski definition) is 1. The molecule has 19 heavy (non-hydrogen) atoms. The van der Waals surface area contributed by atoms with Crippen molar-refractivity contribution in [3.05, 3.63) is 53.6 Å². The second kappa shape index (κ2) is 6.04. The van der Waals surface area contributed by atoms with E-state index >= 15 is 0 Å². The van der Waals surface area contributed by atoms with Gasteiger partial charge in [-0.25, -0.2) is 8.78 Å². The van der Waals surface area contributed by atoms with Gasteiger partial charge in [-0.05, 0) is 30.5 Å². The summed E-state index contributed by atoms with van der Waals surface area (Å²) in [5, 5.41) is 0. The Bertz CT molecular complexity index is 590. The number of rotatable bonds is 4. The van der Waals surface area contributed by atoms with Gasteiger partial charge in [-0.1, -0.05) is 6.07 Å². The van der Waals surface area contributed by atoms with Crippen LogP contribution in [-0.4, -0.2) is 6.26 Å². The number of benzene rings is 2. The van der Waals surface area contributed by atoms with Crippen LogP contribution in [0.15, 0.2) is 41.3 Å². The number of halogens is 2. The predicted octanol–water partition coefficient (Wildman–Crippen LogP) is 3.94. The van der Waals surface area contributed by atoms with E-state index in [-0.39, 0.29) is 12.3 Å². The highest BCUT2D eigenvalue weighted by atomic mass is 32.2. The maximum absolute atomic E-state index is 13.5. The number of nitrogens with two attached hydrogens (primary N) is 1. The van der Waals surface area contributed by atoms with Gasteiger partial charge in [-0.2, -0.15) is 0 Å². The van der Waals surface area contributed by atoms with Gasteiger partial charge in [0.1, 0.15) is 11.6 Å². The number of thioether (sulfide) groups is 1. The lowest BCUT2D eigenvalue weighted by Gasteiger charge is -2.13. The Balaban J connectivity index is 2.40. The Kier molecular flexibility index (Phi) is 4.39. The van der Waals surface area contributed by atoms with E-state index in [2.05, 4.69) is 0 Å². The Labute approximate surface area is 114 Å². The van der Waals surface area contributed by atoms with Gasteiger partial charge in [0.25, 0.3) is 0 Å². The third kappa shape index (κ3) is 3.05. The molecule has 2 rings (SSSR count). The second-order valence-electron chi connectivity index (χ2n) is 3.82. The Morgan fingerprint density at radius 3 is 2.63 bits per heavy atom. The summed E-state index contributed by atoms with van der Waals surface area (Å²) in [4.78, 5) is 0.955. The zero-order valence-corrected chi connectivity index (χ0v) is 11.1. The highest BCUT2D eigenvalue weighted by molar-refractivity contribution is 7.98. The SMILES string of the molecule is CSc1cccc(Oc2cc(F)ccc2F)c1CN. The topological polar surface area (TPSA) is 35.2 Å². The summed E-state index contributed by atoms with van der Waals surface area (Å²) in [5.41, 5.74) is 6.46. The molecule has 0 aliphatic rings. The molecule has 0 unspecified atom stereocenters. The van der Waals surface area contributed by atoms with E-state index in [0.29, 0.717) is 5.75 Å². The van der Waals surface area contributed by atoms with E-state index in [1.807, 2.05) is 12.3 Å². The lowest BCUT2D eigenvalue weighted by Crippen LogP contribution is -2.02. The summed E-state index contributed by atoms with van der Waals surface area (Å²) in [6.07, 6.45) is 1.92. The minimum absolute atomic E-state index is 0.145. The number of ether oxygens (including phenoxy) is 1. The largest absolute Gasteiger partial charge is 0.454 e. The molecule has 100 valence electrons. The maximum Gasteiger partial charge on any atom is 0.165 e. The van der Waals surface area contributed by atoms with E-state index in [1.165, 1.54) is 11.8 Å². The van der Waals surface area contributed by atoms with Crippen molar-refractivity contribution in [1.82, 2.24) is 0 Å². The average molecular weight is 281 g/mol. The zero-order valence-electron chi connectivity index (χ0n) is 10.3. The molecule has 0 aliphatic carbocycles. The predicted molar refractivity (Wildman–Crippen MR) is 72.5 cm³/mol. The maximum atomic E-state index is 13.5. The first-order valence-corrected chi connectivity index (χ1v) is 6.87. The van der Waals surface area contributed by atoms with Crippen molar-refractivity contribution in [2.45, 2.75) is 11.4 Å². The molecule has 5 heteroatoms. The van der Waals surface area contributed by atoms with Crippen LogP contribution in [-0.2, 0) is 6.54 Å². The average Bonchev–Trinajstić information content (AvgIpc) is 2.42. The van der Waals surface area contributed by atoms with Gasteiger partial charge in [0, 0.05) is 23.1 Å². The van der Waals surface area contributed by atoms with Crippen molar-refractivity contribution in [3.63, 3.8) is 0 Å². The van der Waals surface area contributed by atoms with E-state index in [9.17, 15) is 8.78 Å². The Hall–Kier alpha value is -1.59. The van der Waals surface area contributed by atoms with Crippen LogP contribution in [0, 0.1) is 11.6 Å². The first-order chi connectivity index (χ1) is 9.15. The van der Waals surface area contributed by atoms with Crippen molar-refractivity contribution in [3.8, 4) is 11.5 Å². The van der Waals surface area contributed by atoms with Gasteiger partial charge in [-0.3, -0.25) is 0 Å². The van der Waals surface area contributed by atoms with Crippen molar-refractivity contribution in [2.75, 3.05) is 6.26 Å². The van der Waals surface area contributed by atoms with Gasteiger partial charge in [0.05, 0.1) is 0 Å². The first-order valence-electron chi connectivity index (χ1n) is 5.64. The van der Waals surface area contributed by atoms with E-state index < -0.39 is 11.6 Å². The van der Waals surface area contributed by atoms with Crippen LogP contribution in [0.4, 0.5) is 8.78 Å². The molecule has 0 fully saturated rings. The molecule has 0 aliphatic heterocycles. The fraction of sp³-hybridized carbons (Fsp3) is 0.143. The standard InChI is InChI=1S/C14H13F2NOS/c1-19-14-4-2-3-12(10(14)8-17)18-13-7-9(15)5-6-11(13)16/h2-7H,8,17H2,1H3. The second-order valence-corrected chi connectivity index (χ2v) is 4.67. The lowest BCUT2D eigenvalue weighted by atomic mass is 10.2. The summed E-state index contributed by atoms with van der Waals surface area (Å²) in [5.74, 6) is -0.863. The van der Waals surface area contributed by atoms with Gasteiger partial charge in [0.15, 0.2) is 11.6 Å². The van der Waals surface area contributed by atoms with Crippen molar-refractivity contribution in [1.29, 1.82) is 0 Å². The molecule has 0 atom stereocenters. The molecule has 0 bridgehead atoms. The molecular weight excluding hydrogens is 268 g/mol. The van der Waals surface area contributed by atoms with Crippen LogP contribution in [0.1, 0.15) is 5.56 Å². The van der Waals surface area contributed by atoms with E-state index in [1.54, 1.807) is 12.1 Å². The molecule has 0 spiro atoms. The van der Waals surface area contributed by atoms with Crippen molar-refractivity contribution >= 4 is 11.8 Å². The summed E-state index contributed by atoms with van der Waals surface area (Å²) < 4.78 is 32.1. The fourth-order valence-corrected chi connectivity index (χ4v) is 2.35. The third-order valence-electron chi connectivity index (χ3n) is 2.63. The highest BCUT2D eigenvalue weighted by Gasteiger charge is 2.11. The molecular formula is C14H13F2NOS. The molecule has 0 saturated carbocycles. The molecule has 2 N–H and O–H groups in total. The van der Waals surface area contributed by atoms with Crippen LogP contribution in [0.3, 0.4) is 0 Å². The minimum Gasteiger partial charge on any atom is -0.454 e. The Morgan fingerprint density at radius 1 is 1.16 bits per heavy atom. The quantitative estimate of drug-likeness (QED) is 0.862. The molecule has 0 radical (unpaired) electrons.